The lowest BCUT2D eigenvalue weighted by Crippen LogP contribution is -1.98. The maximum Gasteiger partial charge on any atom is 0.111 e. The summed E-state index contributed by atoms with van der Waals surface area (Å²) < 4.78 is 8.17. The summed E-state index contributed by atoms with van der Waals surface area (Å²) in [6, 6.07) is 10.6. The fraction of sp³-hybridized carbons (Fsp3) is 0.316. The van der Waals surface area contributed by atoms with Crippen molar-refractivity contribution in [1.29, 1.82) is 0 Å². The molecule has 3 heterocycles. The van der Waals surface area contributed by atoms with E-state index in [1.165, 1.54) is 22.0 Å². The summed E-state index contributed by atoms with van der Waals surface area (Å²) in [6.45, 7) is 6.56. The van der Waals surface area contributed by atoms with Gasteiger partial charge in [0.2, 0.25) is 0 Å². The Hall–Kier alpha value is -2.13. The number of nitrogens with zero attached hydrogens (tertiary/aromatic N) is 2. The first kappa shape index (κ1) is 13.5. The molecule has 22 heavy (non-hydrogen) atoms. The lowest BCUT2D eigenvalue weighted by molar-refractivity contribution is 0.337. The van der Waals surface area contributed by atoms with Crippen LogP contribution < -0.4 is 0 Å². The van der Waals surface area contributed by atoms with Gasteiger partial charge in [-0.3, -0.25) is 4.98 Å². The second kappa shape index (κ2) is 4.96. The smallest absolute Gasteiger partial charge is 0.111 e. The van der Waals surface area contributed by atoms with Crippen molar-refractivity contribution >= 4 is 10.9 Å². The van der Waals surface area contributed by atoms with E-state index < -0.39 is 0 Å². The third-order valence-corrected chi connectivity index (χ3v) is 4.50. The number of rotatable bonds is 3. The quantitative estimate of drug-likeness (QED) is 0.668. The number of benzene rings is 1. The van der Waals surface area contributed by atoms with Gasteiger partial charge in [-0.05, 0) is 30.5 Å². The molecule has 3 aromatic rings. The first-order valence-corrected chi connectivity index (χ1v) is 7.83. The minimum atomic E-state index is 0.225. The van der Waals surface area contributed by atoms with Crippen molar-refractivity contribution in [1.82, 2.24) is 9.55 Å². The molecule has 3 nitrogen and oxygen atoms in total. The zero-order valence-corrected chi connectivity index (χ0v) is 13.2. The highest BCUT2D eigenvalue weighted by molar-refractivity contribution is 5.86. The van der Waals surface area contributed by atoms with Crippen LogP contribution in [0.25, 0.3) is 16.6 Å². The van der Waals surface area contributed by atoms with Gasteiger partial charge < -0.3 is 9.30 Å². The Morgan fingerprint density at radius 2 is 2.00 bits per heavy atom. The lowest BCUT2D eigenvalue weighted by atomic mass is 10.0. The molecule has 0 aliphatic carbocycles. The van der Waals surface area contributed by atoms with Crippen LogP contribution in [-0.2, 0) is 4.74 Å². The van der Waals surface area contributed by atoms with Crippen LogP contribution in [0.4, 0.5) is 0 Å². The number of fused-ring (bicyclic) bond motifs is 1. The average Bonchev–Trinajstić information content (AvgIpc) is 3.23. The molecule has 2 aromatic heterocycles. The van der Waals surface area contributed by atoms with Crippen LogP contribution in [0.1, 0.15) is 31.1 Å². The number of para-hydroxylation sites is 1. The fourth-order valence-electron chi connectivity index (χ4n) is 3.22. The van der Waals surface area contributed by atoms with Crippen molar-refractivity contribution in [2.24, 2.45) is 5.92 Å². The molecule has 1 fully saturated rings. The number of epoxide rings is 1. The summed E-state index contributed by atoms with van der Waals surface area (Å²) in [4.78, 5) is 4.29. The Bertz CT molecular complexity index is 834. The van der Waals surface area contributed by atoms with E-state index in [1.807, 2.05) is 18.5 Å². The molecule has 1 aliphatic rings. The molecule has 2 unspecified atom stereocenters. The molecule has 1 saturated heterocycles. The van der Waals surface area contributed by atoms with Crippen LogP contribution in [0, 0.1) is 12.8 Å². The molecular formula is C19H20N2O. The summed E-state index contributed by atoms with van der Waals surface area (Å²) in [5, 5.41) is 1.28. The Labute approximate surface area is 130 Å². The van der Waals surface area contributed by atoms with Crippen LogP contribution in [0.2, 0.25) is 0 Å². The Kier molecular flexibility index (Phi) is 3.05. The lowest BCUT2D eigenvalue weighted by Gasteiger charge is -2.07. The minimum absolute atomic E-state index is 0.225. The first-order valence-electron chi connectivity index (χ1n) is 7.83. The molecular weight excluding hydrogens is 272 g/mol. The number of pyridine rings is 1. The van der Waals surface area contributed by atoms with Gasteiger partial charge in [-0.15, -0.1) is 0 Å². The van der Waals surface area contributed by atoms with Gasteiger partial charge in [-0.2, -0.15) is 0 Å². The van der Waals surface area contributed by atoms with Crippen molar-refractivity contribution in [3.8, 4) is 5.69 Å². The van der Waals surface area contributed by atoms with E-state index in [0.717, 1.165) is 5.69 Å². The van der Waals surface area contributed by atoms with Gasteiger partial charge >= 0.3 is 0 Å². The maximum atomic E-state index is 5.92. The zero-order chi connectivity index (χ0) is 15.3. The second-order valence-electron chi connectivity index (χ2n) is 6.40. The van der Waals surface area contributed by atoms with Crippen LogP contribution in [0.3, 0.4) is 0 Å². The number of hydrogen-bond donors (Lipinski definition) is 0. The van der Waals surface area contributed by atoms with Gasteiger partial charge in [0.05, 0.1) is 23.5 Å². The number of aryl methyl sites for hydroxylation is 1. The van der Waals surface area contributed by atoms with E-state index in [2.05, 4.69) is 60.8 Å². The van der Waals surface area contributed by atoms with Crippen LogP contribution in [-0.4, -0.2) is 15.7 Å². The number of ether oxygens (including phenoxy) is 1. The molecule has 0 bridgehead atoms. The topological polar surface area (TPSA) is 30.4 Å². The molecule has 1 aromatic carbocycles. The van der Waals surface area contributed by atoms with Crippen molar-refractivity contribution < 1.29 is 4.74 Å². The molecule has 0 saturated carbocycles. The standard InChI is InChI=1S/C19H20N2O/c1-12(2)18-19(22-18)15-11-21(16-7-5-4-6-14(15)16)17-10-20-9-8-13(17)3/h4-12,18-19H,1-3H3. The Morgan fingerprint density at radius 3 is 2.73 bits per heavy atom. The van der Waals surface area contributed by atoms with Gasteiger partial charge in [-0.1, -0.05) is 32.0 Å². The molecule has 2 atom stereocenters. The van der Waals surface area contributed by atoms with Crippen LogP contribution in [0.5, 0.6) is 0 Å². The summed E-state index contributed by atoms with van der Waals surface area (Å²) in [5.74, 6) is 0.548. The highest BCUT2D eigenvalue weighted by Crippen LogP contribution is 2.46. The summed E-state index contributed by atoms with van der Waals surface area (Å²) in [5.41, 5.74) is 4.86. The normalized spacial score (nSPS) is 20.7. The van der Waals surface area contributed by atoms with E-state index in [1.54, 1.807) is 0 Å². The maximum absolute atomic E-state index is 5.92. The first-order chi connectivity index (χ1) is 10.7. The predicted molar refractivity (Wildman–Crippen MR) is 88.3 cm³/mol. The third-order valence-electron chi connectivity index (χ3n) is 4.50. The molecule has 112 valence electrons. The van der Waals surface area contributed by atoms with E-state index in [0.29, 0.717) is 12.0 Å². The minimum Gasteiger partial charge on any atom is -0.364 e. The van der Waals surface area contributed by atoms with Crippen molar-refractivity contribution in [2.45, 2.75) is 33.0 Å². The molecule has 0 amide bonds. The van der Waals surface area contributed by atoms with Gasteiger partial charge in [0.15, 0.2) is 0 Å². The van der Waals surface area contributed by atoms with Crippen molar-refractivity contribution in [3.63, 3.8) is 0 Å². The molecule has 0 radical (unpaired) electrons. The van der Waals surface area contributed by atoms with E-state index >= 15 is 0 Å². The second-order valence-corrected chi connectivity index (χ2v) is 6.40. The SMILES string of the molecule is Cc1ccncc1-n1cc(C2OC2C(C)C)c2ccccc21. The average molecular weight is 292 g/mol. The van der Waals surface area contributed by atoms with Gasteiger partial charge in [0.25, 0.3) is 0 Å². The molecule has 3 heteroatoms. The Balaban J connectivity index is 1.89. The van der Waals surface area contributed by atoms with Crippen molar-refractivity contribution in [2.75, 3.05) is 0 Å². The van der Waals surface area contributed by atoms with E-state index in [4.69, 9.17) is 4.74 Å². The molecule has 4 rings (SSSR count). The van der Waals surface area contributed by atoms with Gasteiger partial charge in [0, 0.05) is 23.3 Å². The zero-order valence-electron chi connectivity index (χ0n) is 13.2. The van der Waals surface area contributed by atoms with Gasteiger partial charge in [-0.25, -0.2) is 0 Å². The number of aromatic nitrogens is 2. The monoisotopic (exact) mass is 292 g/mol. The fourth-order valence-corrected chi connectivity index (χ4v) is 3.22. The number of hydrogen-bond acceptors (Lipinski definition) is 2. The third kappa shape index (κ3) is 2.04. The molecule has 1 aliphatic heterocycles. The Morgan fingerprint density at radius 1 is 1.18 bits per heavy atom. The molecule has 0 spiro atoms. The summed E-state index contributed by atoms with van der Waals surface area (Å²) in [7, 11) is 0. The van der Waals surface area contributed by atoms with Crippen molar-refractivity contribution in [3.05, 3.63) is 60.0 Å². The largest absolute Gasteiger partial charge is 0.364 e. The van der Waals surface area contributed by atoms with E-state index in [-0.39, 0.29) is 6.10 Å². The van der Waals surface area contributed by atoms with Crippen LogP contribution in [0.15, 0.2) is 48.9 Å². The summed E-state index contributed by atoms with van der Waals surface area (Å²) in [6.07, 6.45) is 6.56. The van der Waals surface area contributed by atoms with Gasteiger partial charge in [0.1, 0.15) is 6.10 Å². The summed E-state index contributed by atoms with van der Waals surface area (Å²) >= 11 is 0. The van der Waals surface area contributed by atoms with Crippen LogP contribution >= 0.6 is 0 Å². The highest BCUT2D eigenvalue weighted by atomic mass is 16.6. The predicted octanol–water partition coefficient (Wildman–Crippen LogP) is 4.43. The molecule has 0 N–H and O–H groups in total. The highest BCUT2D eigenvalue weighted by Gasteiger charge is 2.43. The van der Waals surface area contributed by atoms with E-state index in [9.17, 15) is 0 Å².